The molecule has 1 nitrogen and oxygen atoms in total. The minimum absolute atomic E-state index is 0.0301. The molecule has 1 heterocycles. The van der Waals surface area contributed by atoms with Crippen LogP contribution >= 0.6 is 0 Å². The Bertz CT molecular complexity index is 149. The Labute approximate surface area is 63.1 Å². The molecule has 1 aliphatic rings. The summed E-state index contributed by atoms with van der Waals surface area (Å²) in [6, 6.07) is 0. The van der Waals surface area contributed by atoms with Crippen molar-refractivity contribution in [1.29, 1.82) is 0 Å². The molecule has 58 valence electrons. The molecule has 0 saturated heterocycles. The summed E-state index contributed by atoms with van der Waals surface area (Å²) in [6.07, 6.45) is 4.43. The molecule has 1 aliphatic heterocycles. The van der Waals surface area contributed by atoms with Crippen molar-refractivity contribution in [2.75, 3.05) is 6.61 Å². The van der Waals surface area contributed by atoms with Gasteiger partial charge in [-0.2, -0.15) is 0 Å². The highest BCUT2D eigenvalue weighted by Crippen LogP contribution is 2.24. The van der Waals surface area contributed by atoms with Gasteiger partial charge >= 0.3 is 0 Å². The zero-order valence-electron chi connectivity index (χ0n) is 7.11. The normalized spacial score (nSPS) is 33.7. The van der Waals surface area contributed by atoms with E-state index in [-0.39, 0.29) is 5.60 Å². The van der Waals surface area contributed by atoms with E-state index in [4.69, 9.17) is 4.74 Å². The van der Waals surface area contributed by atoms with Gasteiger partial charge in [0.1, 0.15) is 0 Å². The Kier molecular flexibility index (Phi) is 2.14. The first kappa shape index (κ1) is 7.80. The first-order valence-corrected chi connectivity index (χ1v) is 3.98. The van der Waals surface area contributed by atoms with Crippen LogP contribution in [0.4, 0.5) is 0 Å². The molecule has 1 rings (SSSR count). The van der Waals surface area contributed by atoms with Crippen LogP contribution in [0, 0.1) is 0 Å². The van der Waals surface area contributed by atoms with Crippen LogP contribution in [0.5, 0.6) is 0 Å². The highest BCUT2D eigenvalue weighted by molar-refractivity contribution is 5.10. The standard InChI is InChI=1S/C9H16O/c1-4-9(3)7-8(2)5-6-10-9/h7H,4-6H2,1-3H3. The molecule has 0 aromatic carbocycles. The smallest absolute Gasteiger partial charge is 0.0834 e. The summed E-state index contributed by atoms with van der Waals surface area (Å²) in [5.41, 5.74) is 1.50. The van der Waals surface area contributed by atoms with Crippen LogP contribution in [0.2, 0.25) is 0 Å². The summed E-state index contributed by atoms with van der Waals surface area (Å²) in [5.74, 6) is 0. The quantitative estimate of drug-likeness (QED) is 0.508. The van der Waals surface area contributed by atoms with Crippen LogP contribution in [0.1, 0.15) is 33.6 Å². The number of hydrogen-bond acceptors (Lipinski definition) is 1. The monoisotopic (exact) mass is 140 g/mol. The highest BCUT2D eigenvalue weighted by atomic mass is 16.5. The van der Waals surface area contributed by atoms with E-state index < -0.39 is 0 Å². The lowest BCUT2D eigenvalue weighted by molar-refractivity contribution is -0.00518. The zero-order chi connectivity index (χ0) is 7.61. The van der Waals surface area contributed by atoms with Gasteiger partial charge in [-0.15, -0.1) is 0 Å². The van der Waals surface area contributed by atoms with E-state index in [0.29, 0.717) is 0 Å². The van der Waals surface area contributed by atoms with E-state index in [1.807, 2.05) is 0 Å². The fourth-order valence-electron chi connectivity index (χ4n) is 1.28. The number of ether oxygens (including phenoxy) is 1. The minimum Gasteiger partial charge on any atom is -0.371 e. The van der Waals surface area contributed by atoms with E-state index in [1.165, 1.54) is 5.57 Å². The Hall–Kier alpha value is -0.300. The van der Waals surface area contributed by atoms with E-state index in [2.05, 4.69) is 26.8 Å². The molecule has 1 unspecified atom stereocenters. The molecule has 0 aromatic heterocycles. The predicted molar refractivity (Wildman–Crippen MR) is 43.0 cm³/mol. The van der Waals surface area contributed by atoms with Crippen molar-refractivity contribution in [1.82, 2.24) is 0 Å². The Balaban J connectivity index is 2.69. The van der Waals surface area contributed by atoms with E-state index in [9.17, 15) is 0 Å². The summed E-state index contributed by atoms with van der Waals surface area (Å²) in [4.78, 5) is 0. The van der Waals surface area contributed by atoms with Gasteiger partial charge in [0.25, 0.3) is 0 Å². The van der Waals surface area contributed by atoms with Crippen molar-refractivity contribution < 1.29 is 4.74 Å². The first-order valence-electron chi connectivity index (χ1n) is 3.98. The van der Waals surface area contributed by atoms with Crippen LogP contribution < -0.4 is 0 Å². The van der Waals surface area contributed by atoms with Gasteiger partial charge in [0.15, 0.2) is 0 Å². The summed E-state index contributed by atoms with van der Waals surface area (Å²) in [7, 11) is 0. The first-order chi connectivity index (χ1) is 4.66. The van der Waals surface area contributed by atoms with Gasteiger partial charge in [-0.05, 0) is 26.7 Å². The van der Waals surface area contributed by atoms with Gasteiger partial charge in [-0.1, -0.05) is 18.6 Å². The maximum Gasteiger partial charge on any atom is 0.0834 e. The average molecular weight is 140 g/mol. The Morgan fingerprint density at radius 2 is 2.40 bits per heavy atom. The van der Waals surface area contributed by atoms with Crippen molar-refractivity contribution in [2.45, 2.75) is 39.2 Å². The lowest BCUT2D eigenvalue weighted by Crippen LogP contribution is -2.29. The molecule has 0 bridgehead atoms. The maximum atomic E-state index is 5.61. The van der Waals surface area contributed by atoms with Gasteiger partial charge in [0.05, 0.1) is 12.2 Å². The summed E-state index contributed by atoms with van der Waals surface area (Å²) < 4.78 is 5.61. The van der Waals surface area contributed by atoms with E-state index in [0.717, 1.165) is 19.4 Å². The van der Waals surface area contributed by atoms with Gasteiger partial charge in [0.2, 0.25) is 0 Å². The summed E-state index contributed by atoms with van der Waals surface area (Å²) >= 11 is 0. The van der Waals surface area contributed by atoms with Crippen LogP contribution in [-0.2, 0) is 4.74 Å². The summed E-state index contributed by atoms with van der Waals surface area (Å²) in [6.45, 7) is 7.38. The van der Waals surface area contributed by atoms with E-state index >= 15 is 0 Å². The second kappa shape index (κ2) is 2.75. The Morgan fingerprint density at radius 3 is 2.80 bits per heavy atom. The lowest BCUT2D eigenvalue weighted by atomic mass is 9.96. The molecule has 10 heavy (non-hydrogen) atoms. The molecule has 0 fully saturated rings. The molecule has 0 amide bonds. The van der Waals surface area contributed by atoms with Crippen molar-refractivity contribution in [3.8, 4) is 0 Å². The van der Waals surface area contributed by atoms with Gasteiger partial charge in [0, 0.05) is 0 Å². The predicted octanol–water partition coefficient (Wildman–Crippen LogP) is 2.52. The number of rotatable bonds is 1. The van der Waals surface area contributed by atoms with Crippen LogP contribution in [-0.4, -0.2) is 12.2 Å². The van der Waals surface area contributed by atoms with Crippen molar-refractivity contribution in [2.24, 2.45) is 0 Å². The molecule has 0 aromatic rings. The SMILES string of the molecule is CCC1(C)C=C(C)CCO1. The minimum atomic E-state index is 0.0301. The van der Waals surface area contributed by atoms with Crippen molar-refractivity contribution >= 4 is 0 Å². The second-order valence-corrected chi connectivity index (χ2v) is 3.26. The third kappa shape index (κ3) is 1.60. The second-order valence-electron chi connectivity index (χ2n) is 3.26. The van der Waals surface area contributed by atoms with Crippen LogP contribution in [0.25, 0.3) is 0 Å². The molecular formula is C9H16O. The highest BCUT2D eigenvalue weighted by Gasteiger charge is 2.22. The molecule has 0 aliphatic carbocycles. The third-order valence-corrected chi connectivity index (χ3v) is 2.18. The fourth-order valence-corrected chi connectivity index (χ4v) is 1.28. The molecule has 1 atom stereocenters. The zero-order valence-corrected chi connectivity index (χ0v) is 7.11. The molecule has 0 saturated carbocycles. The van der Waals surface area contributed by atoms with Crippen LogP contribution in [0.15, 0.2) is 11.6 Å². The van der Waals surface area contributed by atoms with Gasteiger partial charge in [-0.25, -0.2) is 0 Å². The lowest BCUT2D eigenvalue weighted by Gasteiger charge is -2.30. The molecule has 1 heteroatoms. The molecule has 0 spiro atoms. The third-order valence-electron chi connectivity index (χ3n) is 2.18. The van der Waals surface area contributed by atoms with Crippen molar-refractivity contribution in [3.63, 3.8) is 0 Å². The molecule has 0 radical (unpaired) electrons. The molecular weight excluding hydrogens is 124 g/mol. The van der Waals surface area contributed by atoms with Crippen LogP contribution in [0.3, 0.4) is 0 Å². The Morgan fingerprint density at radius 1 is 1.70 bits per heavy atom. The average Bonchev–Trinajstić information content (AvgIpc) is 1.88. The largest absolute Gasteiger partial charge is 0.371 e. The maximum absolute atomic E-state index is 5.61. The van der Waals surface area contributed by atoms with Gasteiger partial charge < -0.3 is 4.74 Å². The number of hydrogen-bond donors (Lipinski definition) is 0. The fraction of sp³-hybridized carbons (Fsp3) is 0.778. The van der Waals surface area contributed by atoms with E-state index in [1.54, 1.807) is 0 Å². The molecule has 0 N–H and O–H groups in total. The van der Waals surface area contributed by atoms with Gasteiger partial charge in [-0.3, -0.25) is 0 Å². The van der Waals surface area contributed by atoms with Crippen molar-refractivity contribution in [3.05, 3.63) is 11.6 Å². The summed E-state index contributed by atoms with van der Waals surface area (Å²) in [5, 5.41) is 0. The topological polar surface area (TPSA) is 9.23 Å².